The van der Waals surface area contributed by atoms with Crippen molar-refractivity contribution >= 4 is 54.4 Å². The molecule has 0 spiro atoms. The number of unbranched alkanes of at least 4 members (excludes halogenated alkanes) is 4. The second-order valence-corrected chi connectivity index (χ2v) is 8.94. The van der Waals surface area contributed by atoms with Crippen molar-refractivity contribution in [2.45, 2.75) is 119 Å². The Hall–Kier alpha value is -0.701. The molecule has 0 amide bonds. The maximum Gasteiger partial charge on any atom is 2.00 e. The molecule has 4 radical (unpaired) electrons. The van der Waals surface area contributed by atoms with Gasteiger partial charge in [-0.25, -0.2) is 4.79 Å². The Balaban J connectivity index is -0.000000147. The fraction of sp³-hybridized carbons (Fsp3) is 0.767. The Labute approximate surface area is 257 Å². The molecule has 0 aliphatic rings. The summed E-state index contributed by atoms with van der Waals surface area (Å²) in [5.74, 6) is -1.32. The molecule has 0 rings (SSSR count). The summed E-state index contributed by atoms with van der Waals surface area (Å²) in [4.78, 5) is 31.9. The van der Waals surface area contributed by atoms with Crippen LogP contribution in [0, 0.1) is 25.7 Å². The number of carbonyl (C=O) groups excluding carboxylic acids is 3. The molecule has 0 heterocycles. The largest absolute Gasteiger partial charge is 2.00 e. The number of esters is 2. The SMILES string of the molecule is CCCCC(CC)COC(=O)/C=C/C(=O)[O-].CCCCC(CC)COC(=O)C[S-].[CH2]CCC.[CH2]CCC.[Sn+2]. The van der Waals surface area contributed by atoms with Crippen LogP contribution in [0.3, 0.4) is 0 Å². The van der Waals surface area contributed by atoms with Gasteiger partial charge in [0.2, 0.25) is 0 Å². The Morgan fingerprint density at radius 1 is 0.763 bits per heavy atom. The molecule has 0 saturated carbocycles. The van der Waals surface area contributed by atoms with Crippen molar-refractivity contribution in [3.8, 4) is 0 Å². The quantitative estimate of drug-likeness (QED) is 0.0792. The Kier molecular flexibility index (Phi) is 50.6. The van der Waals surface area contributed by atoms with E-state index in [0.717, 1.165) is 57.4 Å². The summed E-state index contributed by atoms with van der Waals surface area (Å²) in [5.41, 5.74) is 0. The van der Waals surface area contributed by atoms with Crippen molar-refractivity contribution in [3.63, 3.8) is 0 Å². The molecule has 0 aromatic carbocycles. The van der Waals surface area contributed by atoms with Crippen LogP contribution in [0.2, 0.25) is 0 Å². The topological polar surface area (TPSA) is 92.7 Å². The van der Waals surface area contributed by atoms with Gasteiger partial charge in [-0.05, 0) is 30.8 Å². The third-order valence-electron chi connectivity index (χ3n) is 5.21. The first-order valence-electron chi connectivity index (χ1n) is 14.0. The molecular formula is C30H56O6SSn. The van der Waals surface area contributed by atoms with Crippen LogP contribution in [0.4, 0.5) is 0 Å². The van der Waals surface area contributed by atoms with E-state index in [4.69, 9.17) is 9.47 Å². The second-order valence-electron chi connectivity index (χ2n) is 8.65. The normalized spacial score (nSPS) is 11.2. The van der Waals surface area contributed by atoms with E-state index >= 15 is 0 Å². The van der Waals surface area contributed by atoms with Crippen molar-refractivity contribution in [2.24, 2.45) is 11.8 Å². The number of carboxylic acid groups (broad SMARTS) is 1. The maximum absolute atomic E-state index is 11.0. The minimum absolute atomic E-state index is 0. The van der Waals surface area contributed by atoms with Gasteiger partial charge in [-0.1, -0.05) is 125 Å². The maximum atomic E-state index is 11.0. The van der Waals surface area contributed by atoms with Crippen LogP contribution < -0.4 is 5.11 Å². The minimum Gasteiger partial charge on any atom is -0.782 e. The predicted octanol–water partition coefficient (Wildman–Crippen LogP) is 6.21. The third kappa shape index (κ3) is 45.2. The van der Waals surface area contributed by atoms with Crippen molar-refractivity contribution < 1.29 is 29.0 Å². The van der Waals surface area contributed by atoms with E-state index in [0.29, 0.717) is 31.1 Å². The molecule has 222 valence electrons. The van der Waals surface area contributed by atoms with Crippen LogP contribution in [0.5, 0.6) is 0 Å². The van der Waals surface area contributed by atoms with Gasteiger partial charge in [0.15, 0.2) is 0 Å². The number of aliphatic carboxylic acids is 1. The predicted molar refractivity (Wildman–Crippen MR) is 161 cm³/mol. The molecule has 6 nitrogen and oxygen atoms in total. The third-order valence-corrected chi connectivity index (χ3v) is 5.44. The number of hydrogen-bond acceptors (Lipinski definition) is 7. The second kappa shape index (κ2) is 40.8. The van der Waals surface area contributed by atoms with Crippen molar-refractivity contribution in [1.82, 2.24) is 0 Å². The zero-order valence-corrected chi connectivity index (χ0v) is 28.9. The minimum atomic E-state index is -1.39. The van der Waals surface area contributed by atoms with Gasteiger partial charge in [-0.2, -0.15) is 0 Å². The molecule has 2 atom stereocenters. The number of rotatable bonds is 17. The summed E-state index contributed by atoms with van der Waals surface area (Å²) in [5, 5.41) is 10.0. The van der Waals surface area contributed by atoms with E-state index in [1.807, 2.05) is 6.92 Å². The van der Waals surface area contributed by atoms with Crippen LogP contribution in [0.15, 0.2) is 12.2 Å². The number of hydrogen-bond donors (Lipinski definition) is 0. The molecule has 0 aliphatic carbocycles. The molecule has 0 aromatic rings. The van der Waals surface area contributed by atoms with Crippen LogP contribution >= 0.6 is 0 Å². The summed E-state index contributed by atoms with van der Waals surface area (Å²) in [6.07, 6.45) is 15.0. The fourth-order valence-electron chi connectivity index (χ4n) is 2.43. The molecule has 2 unspecified atom stereocenters. The van der Waals surface area contributed by atoms with Gasteiger partial charge < -0.3 is 32.0 Å². The van der Waals surface area contributed by atoms with Crippen LogP contribution in [-0.2, 0) is 36.5 Å². The van der Waals surface area contributed by atoms with E-state index in [1.54, 1.807) is 0 Å². The molecule has 0 N–H and O–H groups in total. The van der Waals surface area contributed by atoms with Gasteiger partial charge in [0.05, 0.1) is 19.2 Å². The van der Waals surface area contributed by atoms with Gasteiger partial charge >= 0.3 is 29.9 Å². The Morgan fingerprint density at radius 3 is 1.45 bits per heavy atom. The standard InChI is InChI=1S/C12H20O4.C10H20O2S.2C4H9.Sn/c1-3-5-6-10(4-2)9-16-12(15)8-7-11(13)14;1-3-5-6-9(4-2)7-12-10(11)8-13;2*1-3-4-2;/h7-8,10H,3-6,9H2,1-2H3,(H,13,14);9,13H,3-8H2,1-2H3;2*1,3-4H2,2H3;/q;;;;+2/p-2/b8-7+;;;;. The zero-order valence-electron chi connectivity index (χ0n) is 25.2. The van der Waals surface area contributed by atoms with Crippen molar-refractivity contribution in [2.75, 3.05) is 19.0 Å². The van der Waals surface area contributed by atoms with E-state index in [9.17, 15) is 19.5 Å². The number of ether oxygens (including phenoxy) is 2. The number of carbonyl (C=O) groups is 3. The first-order chi connectivity index (χ1) is 17.7. The monoisotopic (exact) mass is 664 g/mol. The van der Waals surface area contributed by atoms with Crippen molar-refractivity contribution in [3.05, 3.63) is 26.0 Å². The molecule has 0 aliphatic heterocycles. The van der Waals surface area contributed by atoms with Gasteiger partial charge in [0.1, 0.15) is 0 Å². The first kappa shape index (κ1) is 47.1. The van der Waals surface area contributed by atoms with Gasteiger partial charge in [0, 0.05) is 6.08 Å². The smallest absolute Gasteiger partial charge is 0.782 e. The number of carboxylic acids is 1. The summed E-state index contributed by atoms with van der Waals surface area (Å²) in [6, 6.07) is 0. The van der Waals surface area contributed by atoms with Crippen molar-refractivity contribution in [1.29, 1.82) is 0 Å². The molecule has 0 fully saturated rings. The molecule has 0 saturated heterocycles. The van der Waals surface area contributed by atoms with E-state index in [-0.39, 0.29) is 35.6 Å². The summed E-state index contributed by atoms with van der Waals surface area (Å²) < 4.78 is 9.92. The molecule has 8 heteroatoms. The van der Waals surface area contributed by atoms with Crippen LogP contribution in [-0.4, -0.2) is 60.8 Å². The molecular weight excluding hydrogens is 607 g/mol. The fourth-order valence-corrected chi connectivity index (χ4v) is 2.52. The average Bonchev–Trinajstić information content (AvgIpc) is 2.92. The summed E-state index contributed by atoms with van der Waals surface area (Å²) in [6.45, 7) is 20.8. The van der Waals surface area contributed by atoms with Crippen LogP contribution in [0.25, 0.3) is 0 Å². The Bertz CT molecular complexity index is 521. The first-order valence-corrected chi connectivity index (χ1v) is 14.6. The average molecular weight is 664 g/mol. The van der Waals surface area contributed by atoms with E-state index < -0.39 is 11.9 Å². The van der Waals surface area contributed by atoms with Gasteiger partial charge in [-0.15, -0.1) is 0 Å². The van der Waals surface area contributed by atoms with E-state index in [1.165, 1.54) is 25.7 Å². The van der Waals surface area contributed by atoms with Crippen LogP contribution in [0.1, 0.15) is 119 Å². The molecule has 38 heavy (non-hydrogen) atoms. The molecule has 0 aromatic heterocycles. The van der Waals surface area contributed by atoms with E-state index in [2.05, 4.69) is 61.1 Å². The summed E-state index contributed by atoms with van der Waals surface area (Å²) >= 11 is 4.58. The molecule has 0 bridgehead atoms. The Morgan fingerprint density at radius 2 is 1.16 bits per heavy atom. The summed E-state index contributed by atoms with van der Waals surface area (Å²) in [7, 11) is 0. The zero-order chi connectivity index (χ0) is 29.3. The van der Waals surface area contributed by atoms with Gasteiger partial charge in [0.25, 0.3) is 5.97 Å². The van der Waals surface area contributed by atoms with Gasteiger partial charge in [-0.3, -0.25) is 4.79 Å².